The predicted molar refractivity (Wildman–Crippen MR) is 208 cm³/mol. The highest BCUT2D eigenvalue weighted by Gasteiger charge is 2.53. The molecule has 2 N–H and O–H groups in total. The van der Waals surface area contributed by atoms with Gasteiger partial charge in [-0.3, -0.25) is 0 Å². The van der Waals surface area contributed by atoms with Crippen molar-refractivity contribution in [2.45, 2.75) is 38.1 Å². The van der Waals surface area contributed by atoms with Crippen LogP contribution >= 0.6 is 0 Å². The zero-order valence-corrected chi connectivity index (χ0v) is 28.5. The van der Waals surface area contributed by atoms with Gasteiger partial charge in [-0.15, -0.1) is 0 Å². The van der Waals surface area contributed by atoms with E-state index in [0.717, 1.165) is 11.1 Å². The molecule has 2 aliphatic rings. The maximum atomic E-state index is 6.55. The summed E-state index contributed by atoms with van der Waals surface area (Å²) in [6, 6.07) is 49.7. The third-order valence-corrected chi connectivity index (χ3v) is 10.8. The summed E-state index contributed by atoms with van der Waals surface area (Å²) in [7, 11) is 0. The molecule has 2 aliphatic carbocycles. The average Bonchev–Trinajstić information content (AvgIpc) is 3.44. The molecule has 0 saturated carbocycles. The summed E-state index contributed by atoms with van der Waals surface area (Å²) in [6.07, 6.45) is 8.20. The summed E-state index contributed by atoms with van der Waals surface area (Å²) in [5.41, 5.74) is 24.8. The van der Waals surface area contributed by atoms with Gasteiger partial charge in [0.1, 0.15) is 0 Å². The Balaban J connectivity index is 1.44. The van der Waals surface area contributed by atoms with Gasteiger partial charge in [0, 0.05) is 12.0 Å². The molecule has 1 nitrogen and oxygen atoms in total. The van der Waals surface area contributed by atoms with Crippen molar-refractivity contribution in [3.05, 3.63) is 209 Å². The molecule has 0 fully saturated rings. The molecule has 0 unspecified atom stereocenters. The van der Waals surface area contributed by atoms with E-state index in [2.05, 4.69) is 179 Å². The molecule has 0 heterocycles. The Hall–Kier alpha value is -5.50. The lowest BCUT2D eigenvalue weighted by atomic mass is 9.55. The second-order valence-corrected chi connectivity index (χ2v) is 13.8. The largest absolute Gasteiger partial charge is 0.326 e. The van der Waals surface area contributed by atoms with Crippen molar-refractivity contribution in [1.29, 1.82) is 0 Å². The van der Waals surface area contributed by atoms with Gasteiger partial charge in [0.05, 0.1) is 5.41 Å². The summed E-state index contributed by atoms with van der Waals surface area (Å²) < 4.78 is 0. The van der Waals surface area contributed by atoms with E-state index >= 15 is 0 Å². The van der Waals surface area contributed by atoms with Crippen LogP contribution in [0.5, 0.6) is 0 Å². The van der Waals surface area contributed by atoms with E-state index in [1.54, 1.807) is 0 Å². The topological polar surface area (TPSA) is 26.0 Å². The number of hydrogen-bond acceptors (Lipinski definition) is 1. The minimum absolute atomic E-state index is 0.134. The standard InChI is InChI=1S/C48H41N/c1-5-15-32(16-6-2)36-27-37(33-17-8-7-9-18-33)29-38(28-36)34-25-26-40-39(30-34)46-35(31-49)19-14-24-45(46)48(40)43-22-12-10-20-41(43)47(3,4)42-21-11-13-23-44(42)48/h5-30H,1,31,49H2,2-4H3/b16-6-,32-15+. The van der Waals surface area contributed by atoms with Gasteiger partial charge in [0.15, 0.2) is 0 Å². The van der Waals surface area contributed by atoms with Crippen molar-refractivity contribution in [2.75, 3.05) is 0 Å². The minimum atomic E-state index is -0.445. The highest BCUT2D eigenvalue weighted by Crippen LogP contribution is 2.62. The van der Waals surface area contributed by atoms with Crippen LogP contribution < -0.4 is 5.73 Å². The van der Waals surface area contributed by atoms with Crippen LogP contribution in [0.25, 0.3) is 39.0 Å². The molecule has 238 valence electrons. The summed E-state index contributed by atoms with van der Waals surface area (Å²) >= 11 is 0. The van der Waals surface area contributed by atoms with Crippen molar-refractivity contribution in [3.63, 3.8) is 0 Å². The third kappa shape index (κ3) is 4.57. The van der Waals surface area contributed by atoms with Crippen molar-refractivity contribution in [2.24, 2.45) is 5.73 Å². The van der Waals surface area contributed by atoms with E-state index < -0.39 is 5.41 Å². The molecule has 0 saturated heterocycles. The Kier molecular flexibility index (Phi) is 7.47. The van der Waals surface area contributed by atoms with Gasteiger partial charge < -0.3 is 5.73 Å². The Morgan fingerprint density at radius 3 is 1.86 bits per heavy atom. The molecule has 6 aromatic carbocycles. The molecule has 0 aliphatic heterocycles. The Bertz CT molecular complexity index is 2260. The van der Waals surface area contributed by atoms with Gasteiger partial charge in [-0.1, -0.05) is 154 Å². The highest BCUT2D eigenvalue weighted by atomic mass is 14.6. The first-order valence-electron chi connectivity index (χ1n) is 17.3. The zero-order chi connectivity index (χ0) is 33.8. The highest BCUT2D eigenvalue weighted by molar-refractivity contribution is 5.93. The second kappa shape index (κ2) is 11.9. The molecular formula is C48H41N. The van der Waals surface area contributed by atoms with Gasteiger partial charge in [0.25, 0.3) is 0 Å². The van der Waals surface area contributed by atoms with E-state index in [0.29, 0.717) is 6.54 Å². The van der Waals surface area contributed by atoms with Gasteiger partial charge in [0.2, 0.25) is 0 Å². The Morgan fingerprint density at radius 1 is 0.612 bits per heavy atom. The van der Waals surface area contributed by atoms with Crippen molar-refractivity contribution in [1.82, 2.24) is 0 Å². The average molecular weight is 632 g/mol. The molecule has 1 spiro atoms. The van der Waals surface area contributed by atoms with Crippen LogP contribution in [-0.4, -0.2) is 0 Å². The van der Waals surface area contributed by atoms with Crippen LogP contribution in [0.1, 0.15) is 65.3 Å². The summed E-state index contributed by atoms with van der Waals surface area (Å²) in [4.78, 5) is 0. The smallest absolute Gasteiger partial charge is 0.0719 e. The third-order valence-electron chi connectivity index (χ3n) is 10.8. The van der Waals surface area contributed by atoms with Gasteiger partial charge in [-0.2, -0.15) is 0 Å². The van der Waals surface area contributed by atoms with Crippen LogP contribution in [0.3, 0.4) is 0 Å². The molecule has 8 rings (SSSR count). The molecule has 6 aromatic rings. The Morgan fingerprint density at radius 2 is 1.22 bits per heavy atom. The van der Waals surface area contributed by atoms with Crippen molar-refractivity contribution < 1.29 is 0 Å². The molecule has 0 radical (unpaired) electrons. The molecule has 0 aromatic heterocycles. The first kappa shape index (κ1) is 30.8. The van der Waals surface area contributed by atoms with Crippen molar-refractivity contribution in [3.8, 4) is 33.4 Å². The predicted octanol–water partition coefficient (Wildman–Crippen LogP) is 11.6. The lowest BCUT2D eigenvalue weighted by Gasteiger charge is -2.46. The fourth-order valence-electron chi connectivity index (χ4n) is 8.70. The second-order valence-electron chi connectivity index (χ2n) is 13.8. The van der Waals surface area contributed by atoms with Crippen LogP contribution in [-0.2, 0) is 17.4 Å². The maximum Gasteiger partial charge on any atom is 0.0719 e. The number of allylic oxidation sites excluding steroid dienone is 5. The fourth-order valence-corrected chi connectivity index (χ4v) is 8.70. The number of fused-ring (bicyclic) bond motifs is 9. The maximum absolute atomic E-state index is 6.55. The van der Waals surface area contributed by atoms with Gasteiger partial charge >= 0.3 is 0 Å². The SMILES string of the molecule is C=C/C=C(\C=C/C)c1cc(-c2ccccc2)cc(-c2ccc3c(c2)-c2c(CN)cccc2C32c3ccccc3C(C)(C)c3ccccc32)c1. The van der Waals surface area contributed by atoms with Crippen LogP contribution in [0.2, 0.25) is 0 Å². The summed E-state index contributed by atoms with van der Waals surface area (Å²) in [5, 5.41) is 0. The lowest BCUT2D eigenvalue weighted by Crippen LogP contribution is -2.40. The molecule has 0 amide bonds. The van der Waals surface area contributed by atoms with Gasteiger partial charge in [-0.05, 0) is 115 Å². The van der Waals surface area contributed by atoms with E-state index in [4.69, 9.17) is 5.73 Å². The lowest BCUT2D eigenvalue weighted by molar-refractivity contribution is 0.563. The van der Waals surface area contributed by atoms with E-state index in [9.17, 15) is 0 Å². The van der Waals surface area contributed by atoms with Crippen LogP contribution in [0, 0.1) is 0 Å². The normalized spacial score (nSPS) is 15.1. The number of nitrogens with two attached hydrogens (primary N) is 1. The van der Waals surface area contributed by atoms with E-state index in [1.807, 2.05) is 6.08 Å². The van der Waals surface area contributed by atoms with Gasteiger partial charge in [-0.25, -0.2) is 0 Å². The fraction of sp³-hybridized carbons (Fsp3) is 0.125. The van der Waals surface area contributed by atoms with E-state index in [1.165, 1.54) is 72.3 Å². The Labute approximate surface area is 290 Å². The molecular weight excluding hydrogens is 591 g/mol. The summed E-state index contributed by atoms with van der Waals surface area (Å²) in [6.45, 7) is 11.3. The van der Waals surface area contributed by atoms with Crippen LogP contribution in [0.15, 0.2) is 164 Å². The first-order chi connectivity index (χ1) is 23.9. The minimum Gasteiger partial charge on any atom is -0.326 e. The zero-order valence-electron chi connectivity index (χ0n) is 28.5. The summed E-state index contributed by atoms with van der Waals surface area (Å²) in [5.74, 6) is 0. The number of hydrogen-bond donors (Lipinski definition) is 1. The molecule has 0 atom stereocenters. The first-order valence-corrected chi connectivity index (χ1v) is 17.3. The van der Waals surface area contributed by atoms with Crippen LogP contribution in [0.4, 0.5) is 0 Å². The molecule has 49 heavy (non-hydrogen) atoms. The monoisotopic (exact) mass is 631 g/mol. The number of benzene rings is 6. The number of rotatable bonds is 6. The molecule has 0 bridgehead atoms. The van der Waals surface area contributed by atoms with E-state index in [-0.39, 0.29) is 5.41 Å². The molecule has 1 heteroatoms. The quantitative estimate of drug-likeness (QED) is 0.182. The van der Waals surface area contributed by atoms with Crippen molar-refractivity contribution >= 4 is 5.57 Å².